The molecule has 4 fully saturated rings. The molecule has 0 N–H and O–H groups in total. The predicted octanol–water partition coefficient (Wildman–Crippen LogP) is 15.3. The predicted molar refractivity (Wildman–Crippen MR) is 243 cm³/mol. The van der Waals surface area contributed by atoms with Gasteiger partial charge in [-0.25, -0.2) is 0 Å². The second-order valence-electron chi connectivity index (χ2n) is 22.7. The topological polar surface area (TPSA) is 3.24 Å². The van der Waals surface area contributed by atoms with E-state index in [0.29, 0.717) is 5.41 Å². The summed E-state index contributed by atoms with van der Waals surface area (Å²) in [5, 5.41) is 0. The molecule has 6 atom stereocenters. The highest BCUT2D eigenvalue weighted by atomic mass is 32.2. The van der Waals surface area contributed by atoms with Gasteiger partial charge in [0, 0.05) is 20.9 Å². The molecule has 5 aromatic carbocycles. The molecule has 2 spiro atoms. The fraction of sp³-hybridized carbons (Fsp3) is 0.464. The second kappa shape index (κ2) is 11.5. The summed E-state index contributed by atoms with van der Waals surface area (Å²) < 4.78 is 0. The van der Waals surface area contributed by atoms with E-state index in [-0.39, 0.29) is 27.1 Å². The van der Waals surface area contributed by atoms with Crippen molar-refractivity contribution in [2.24, 2.45) is 29.1 Å². The molecule has 6 aliphatic carbocycles. The summed E-state index contributed by atoms with van der Waals surface area (Å²) in [4.78, 5) is 5.83. The van der Waals surface area contributed by atoms with Crippen molar-refractivity contribution in [1.29, 1.82) is 0 Å². The summed E-state index contributed by atoms with van der Waals surface area (Å²) in [5.41, 5.74) is 17.2. The van der Waals surface area contributed by atoms with Gasteiger partial charge in [-0.1, -0.05) is 140 Å². The monoisotopic (exact) mass is 779 g/mol. The molecule has 1 heterocycles. The maximum absolute atomic E-state index is 2.81. The Hall–Kier alpha value is -3.75. The lowest BCUT2D eigenvalue weighted by Gasteiger charge is -2.78. The molecule has 6 unspecified atom stereocenters. The van der Waals surface area contributed by atoms with E-state index in [1.807, 2.05) is 0 Å². The average molecular weight is 780 g/mol. The fourth-order valence-corrected chi connectivity index (χ4v) is 16.6. The van der Waals surface area contributed by atoms with Crippen molar-refractivity contribution in [2.75, 3.05) is 4.90 Å². The number of rotatable bonds is 4. The van der Waals surface area contributed by atoms with E-state index in [4.69, 9.17) is 0 Å². The molecule has 1 nitrogen and oxygen atoms in total. The smallest absolute Gasteiger partial charge is 0.0502 e. The maximum Gasteiger partial charge on any atom is 0.0502 e. The first-order valence-electron chi connectivity index (χ1n) is 22.8. The summed E-state index contributed by atoms with van der Waals surface area (Å²) in [7, 11) is 0. The van der Waals surface area contributed by atoms with E-state index in [1.165, 1.54) is 100 Å². The Morgan fingerprint density at radius 2 is 1.10 bits per heavy atom. The average Bonchev–Trinajstić information content (AvgIpc) is 3.74. The van der Waals surface area contributed by atoms with Crippen molar-refractivity contribution in [1.82, 2.24) is 0 Å². The largest absolute Gasteiger partial charge is 0.310 e. The Balaban J connectivity index is 1.20. The van der Waals surface area contributed by atoms with Crippen LogP contribution in [0.25, 0.3) is 11.1 Å². The Morgan fingerprint density at radius 1 is 0.534 bits per heavy atom. The molecule has 12 rings (SSSR count). The second-order valence-corrected chi connectivity index (χ2v) is 23.7. The lowest BCUT2D eigenvalue weighted by Crippen LogP contribution is -2.74. The molecule has 0 radical (unpaired) electrons. The Morgan fingerprint density at radius 3 is 1.74 bits per heavy atom. The van der Waals surface area contributed by atoms with Crippen molar-refractivity contribution in [2.45, 2.75) is 144 Å². The Kier molecular flexibility index (Phi) is 7.19. The number of benzene rings is 5. The molecule has 4 saturated carbocycles. The Labute approximate surface area is 352 Å². The molecule has 2 bridgehead atoms. The molecule has 0 aromatic heterocycles. The lowest BCUT2D eigenvalue weighted by molar-refractivity contribution is -0.235. The van der Waals surface area contributed by atoms with Crippen molar-refractivity contribution in [3.05, 3.63) is 137 Å². The van der Waals surface area contributed by atoms with E-state index >= 15 is 0 Å². The highest BCUT2D eigenvalue weighted by Gasteiger charge is 2.84. The third-order valence-corrected chi connectivity index (χ3v) is 19.3. The van der Waals surface area contributed by atoms with Crippen molar-refractivity contribution < 1.29 is 0 Å². The van der Waals surface area contributed by atoms with Crippen LogP contribution >= 0.6 is 11.8 Å². The summed E-state index contributed by atoms with van der Waals surface area (Å²) in [6, 6.07) is 41.2. The third kappa shape index (κ3) is 4.42. The molecule has 58 heavy (non-hydrogen) atoms. The molecule has 5 aromatic rings. The van der Waals surface area contributed by atoms with Gasteiger partial charge in [0.25, 0.3) is 0 Å². The van der Waals surface area contributed by atoms with Crippen LogP contribution in [-0.2, 0) is 27.1 Å². The molecule has 296 valence electrons. The SMILES string of the molecule is CC1(C)CCC(C)(C)c2c(N(c3cc(-c4ccccc4)c4c(c3)C3(c5ccccc5S4)C4CC5CC6CC3C64C5)c3cccc4c3C(C)(C)CCC4(C)C)cccc21. The first-order valence-corrected chi connectivity index (χ1v) is 23.6. The summed E-state index contributed by atoms with van der Waals surface area (Å²) in [6.45, 7) is 20.1. The van der Waals surface area contributed by atoms with Crippen LogP contribution in [0.15, 0.2) is 113 Å². The molecule has 7 aliphatic rings. The van der Waals surface area contributed by atoms with E-state index < -0.39 is 0 Å². The molecular formula is C56H61NS. The maximum atomic E-state index is 2.81. The number of nitrogens with zero attached hydrogens (tertiary/aromatic N) is 1. The van der Waals surface area contributed by atoms with E-state index in [0.717, 1.165) is 23.7 Å². The van der Waals surface area contributed by atoms with Gasteiger partial charge in [-0.05, 0) is 177 Å². The van der Waals surface area contributed by atoms with Crippen molar-refractivity contribution in [3.63, 3.8) is 0 Å². The molecule has 0 amide bonds. The van der Waals surface area contributed by atoms with Gasteiger partial charge in [0.05, 0.1) is 11.4 Å². The van der Waals surface area contributed by atoms with Crippen LogP contribution in [0.1, 0.15) is 140 Å². The summed E-state index contributed by atoms with van der Waals surface area (Å²) in [5.74, 6) is 3.35. The first-order chi connectivity index (χ1) is 27.7. The number of fused-ring (bicyclic) bond motifs is 9. The van der Waals surface area contributed by atoms with E-state index in [2.05, 4.69) is 175 Å². The van der Waals surface area contributed by atoms with Gasteiger partial charge in [-0.3, -0.25) is 0 Å². The summed E-state index contributed by atoms with van der Waals surface area (Å²) in [6.07, 6.45) is 10.6. The molecular weight excluding hydrogens is 719 g/mol. The van der Waals surface area contributed by atoms with Crippen molar-refractivity contribution >= 4 is 28.8 Å². The molecule has 1 aliphatic heterocycles. The van der Waals surface area contributed by atoms with Crippen LogP contribution in [-0.4, -0.2) is 0 Å². The van der Waals surface area contributed by atoms with E-state index in [1.54, 1.807) is 22.3 Å². The van der Waals surface area contributed by atoms with Gasteiger partial charge in [0.2, 0.25) is 0 Å². The minimum atomic E-state index is 0.0419. The van der Waals surface area contributed by atoms with Gasteiger partial charge < -0.3 is 4.90 Å². The quantitative estimate of drug-likeness (QED) is 0.179. The first kappa shape index (κ1) is 36.1. The third-order valence-electron chi connectivity index (χ3n) is 18.0. The minimum Gasteiger partial charge on any atom is -0.310 e. The van der Waals surface area contributed by atoms with Crippen molar-refractivity contribution in [3.8, 4) is 11.1 Å². The number of hydrogen-bond acceptors (Lipinski definition) is 2. The van der Waals surface area contributed by atoms with Gasteiger partial charge in [-0.2, -0.15) is 0 Å². The van der Waals surface area contributed by atoms with E-state index in [9.17, 15) is 0 Å². The minimum absolute atomic E-state index is 0.0419. The zero-order valence-corrected chi connectivity index (χ0v) is 37.0. The standard InChI is InChI=1S/C56H61NS/c1-51(2)24-26-53(5,6)48-40(51)19-14-21-43(48)57(44-22-15-20-41-49(44)54(7,8)27-25-52(41,3)4)37-31-38(35-16-10-9-11-17-35)50-42(32-37)56(39-18-12-13-23-45(39)58-50)46-29-34-28-36-30-47(56)55(36,46)33-34/h9-23,31-32,34,36,46-47H,24-30,33H2,1-8H3. The highest BCUT2D eigenvalue weighted by molar-refractivity contribution is 7.99. The number of hydrogen-bond donors (Lipinski definition) is 0. The molecule has 2 heteroatoms. The highest BCUT2D eigenvalue weighted by Crippen LogP contribution is 2.89. The number of anilines is 3. The van der Waals surface area contributed by atoms with Crippen LogP contribution in [0.4, 0.5) is 17.1 Å². The van der Waals surface area contributed by atoms with Crippen LogP contribution in [0.5, 0.6) is 0 Å². The lowest BCUT2D eigenvalue weighted by atomic mass is 9.26. The van der Waals surface area contributed by atoms with Crippen LogP contribution in [0.3, 0.4) is 0 Å². The fourth-order valence-electron chi connectivity index (χ4n) is 15.3. The van der Waals surface area contributed by atoms with Gasteiger partial charge >= 0.3 is 0 Å². The zero-order valence-electron chi connectivity index (χ0n) is 36.1. The summed E-state index contributed by atoms with van der Waals surface area (Å²) >= 11 is 2.06. The molecule has 0 saturated heterocycles. The van der Waals surface area contributed by atoms with Crippen LogP contribution in [0.2, 0.25) is 0 Å². The van der Waals surface area contributed by atoms with Gasteiger partial charge in [0.15, 0.2) is 0 Å². The normalized spacial score (nSPS) is 31.5. The van der Waals surface area contributed by atoms with Gasteiger partial charge in [0.1, 0.15) is 0 Å². The van der Waals surface area contributed by atoms with Crippen LogP contribution in [0, 0.1) is 29.1 Å². The van der Waals surface area contributed by atoms with Gasteiger partial charge in [-0.15, -0.1) is 0 Å². The van der Waals surface area contributed by atoms with Crippen LogP contribution < -0.4 is 4.90 Å². The Bertz CT molecular complexity index is 2480. The zero-order chi connectivity index (χ0) is 39.8.